The number of aromatic nitrogens is 3. The first kappa shape index (κ1) is 20.3. The number of pyridine rings is 1. The van der Waals surface area contributed by atoms with Gasteiger partial charge in [0.2, 0.25) is 11.7 Å². The maximum Gasteiger partial charge on any atom is 0.416 e. The normalized spacial score (nSPS) is 12.6. The number of urea groups is 1. The van der Waals surface area contributed by atoms with Crippen LogP contribution in [0.1, 0.15) is 31.3 Å². The lowest BCUT2D eigenvalue weighted by Crippen LogP contribution is -2.35. The van der Waals surface area contributed by atoms with Gasteiger partial charge in [-0.25, -0.2) is 4.79 Å². The molecule has 1 aromatic carbocycles. The molecule has 2 heterocycles. The first-order valence-electron chi connectivity index (χ1n) is 8.73. The Hall–Kier alpha value is -3.43. The molecule has 1 atom stereocenters. The quantitative estimate of drug-likeness (QED) is 0.644. The molecule has 0 fully saturated rings. The minimum absolute atomic E-state index is 0.0152. The van der Waals surface area contributed by atoms with Gasteiger partial charge >= 0.3 is 12.2 Å². The molecule has 10 heteroatoms. The summed E-state index contributed by atoms with van der Waals surface area (Å²) < 4.78 is 43.8. The van der Waals surface area contributed by atoms with Crippen molar-refractivity contribution in [3.8, 4) is 11.4 Å². The van der Waals surface area contributed by atoms with Crippen LogP contribution in [-0.4, -0.2) is 21.2 Å². The van der Waals surface area contributed by atoms with Gasteiger partial charge < -0.3 is 15.2 Å². The zero-order valence-electron chi connectivity index (χ0n) is 15.6. The predicted molar refractivity (Wildman–Crippen MR) is 98.7 cm³/mol. The minimum atomic E-state index is -4.50. The molecule has 0 saturated carbocycles. The molecule has 29 heavy (non-hydrogen) atoms. The van der Waals surface area contributed by atoms with Crippen LogP contribution in [-0.2, 0) is 6.18 Å². The van der Waals surface area contributed by atoms with Crippen molar-refractivity contribution < 1.29 is 22.5 Å². The second-order valence-electron chi connectivity index (χ2n) is 6.60. The summed E-state index contributed by atoms with van der Waals surface area (Å²) >= 11 is 0. The first-order valence-corrected chi connectivity index (χ1v) is 8.73. The standard InChI is InChI=1S/C19H18F3N5O2/c1-11(2)15(17-26-16(27-29-17)12-5-4-8-23-10-12)25-18(28)24-14-7-3-6-13(9-14)19(20,21)22/h3-11,15H,1-2H3,(H2,24,25,28)/t15-/m0/s1. The van der Waals surface area contributed by atoms with Crippen molar-refractivity contribution >= 4 is 11.7 Å². The van der Waals surface area contributed by atoms with E-state index in [4.69, 9.17) is 4.52 Å². The zero-order valence-corrected chi connectivity index (χ0v) is 15.6. The molecule has 3 aromatic rings. The summed E-state index contributed by atoms with van der Waals surface area (Å²) in [5.74, 6) is 0.376. The molecular formula is C19H18F3N5O2. The number of anilines is 1. The highest BCUT2D eigenvalue weighted by atomic mass is 19.4. The number of carbonyl (C=O) groups excluding carboxylic acids is 1. The van der Waals surface area contributed by atoms with Crippen molar-refractivity contribution in [3.63, 3.8) is 0 Å². The summed E-state index contributed by atoms with van der Waals surface area (Å²) in [5, 5.41) is 8.96. The lowest BCUT2D eigenvalue weighted by atomic mass is 10.0. The van der Waals surface area contributed by atoms with Crippen molar-refractivity contribution in [1.29, 1.82) is 0 Å². The number of amides is 2. The number of rotatable bonds is 5. The van der Waals surface area contributed by atoms with Crippen LogP contribution >= 0.6 is 0 Å². The molecule has 2 N–H and O–H groups in total. The Labute approximate surface area is 164 Å². The fourth-order valence-corrected chi connectivity index (χ4v) is 2.57. The van der Waals surface area contributed by atoms with Crippen LogP contribution in [0.3, 0.4) is 0 Å². The van der Waals surface area contributed by atoms with Gasteiger partial charge in [0.25, 0.3) is 0 Å². The van der Waals surface area contributed by atoms with Gasteiger partial charge in [0.15, 0.2) is 0 Å². The highest BCUT2D eigenvalue weighted by Gasteiger charge is 2.31. The smallest absolute Gasteiger partial charge is 0.337 e. The highest BCUT2D eigenvalue weighted by molar-refractivity contribution is 5.89. The number of nitrogens with zero attached hydrogens (tertiary/aromatic N) is 3. The molecule has 0 aliphatic rings. The van der Waals surface area contributed by atoms with E-state index in [-0.39, 0.29) is 17.5 Å². The molecule has 2 amide bonds. The second kappa shape index (κ2) is 8.29. The van der Waals surface area contributed by atoms with Gasteiger partial charge in [-0.3, -0.25) is 4.98 Å². The third-order valence-corrected chi connectivity index (χ3v) is 4.03. The van der Waals surface area contributed by atoms with Crippen LogP contribution in [0.5, 0.6) is 0 Å². The Morgan fingerprint density at radius 2 is 1.97 bits per heavy atom. The molecule has 0 spiro atoms. The van der Waals surface area contributed by atoms with Gasteiger partial charge in [-0.15, -0.1) is 0 Å². The van der Waals surface area contributed by atoms with E-state index in [0.717, 1.165) is 12.1 Å². The lowest BCUT2D eigenvalue weighted by Gasteiger charge is -2.19. The summed E-state index contributed by atoms with van der Waals surface area (Å²) in [6.07, 6.45) is -1.31. The number of benzene rings is 1. The topological polar surface area (TPSA) is 92.9 Å². The van der Waals surface area contributed by atoms with E-state index in [2.05, 4.69) is 25.8 Å². The maximum atomic E-state index is 12.8. The Kier molecular flexibility index (Phi) is 5.81. The van der Waals surface area contributed by atoms with Crippen LogP contribution in [0, 0.1) is 5.92 Å². The number of carbonyl (C=O) groups is 1. The summed E-state index contributed by atoms with van der Waals surface area (Å²) in [4.78, 5) is 20.6. The zero-order chi connectivity index (χ0) is 21.0. The Morgan fingerprint density at radius 3 is 2.62 bits per heavy atom. The number of hydrogen-bond acceptors (Lipinski definition) is 5. The van der Waals surface area contributed by atoms with Gasteiger partial charge in [-0.1, -0.05) is 25.1 Å². The fourth-order valence-electron chi connectivity index (χ4n) is 2.57. The summed E-state index contributed by atoms with van der Waals surface area (Å²) in [6.45, 7) is 3.67. The van der Waals surface area contributed by atoms with Gasteiger partial charge in [0, 0.05) is 23.6 Å². The molecular weight excluding hydrogens is 387 g/mol. The first-order chi connectivity index (χ1) is 13.7. The van der Waals surface area contributed by atoms with Crippen LogP contribution < -0.4 is 10.6 Å². The molecule has 0 bridgehead atoms. The lowest BCUT2D eigenvalue weighted by molar-refractivity contribution is -0.137. The van der Waals surface area contributed by atoms with Crippen molar-refractivity contribution in [2.24, 2.45) is 5.92 Å². The average Bonchev–Trinajstić information content (AvgIpc) is 3.16. The molecule has 0 radical (unpaired) electrons. The summed E-state index contributed by atoms with van der Waals surface area (Å²) in [6, 6.07) is 6.53. The van der Waals surface area contributed by atoms with E-state index < -0.39 is 23.8 Å². The Morgan fingerprint density at radius 1 is 1.17 bits per heavy atom. The molecule has 2 aromatic heterocycles. The number of halogens is 3. The molecule has 3 rings (SSSR count). The van der Waals surface area contributed by atoms with Crippen LogP contribution in [0.2, 0.25) is 0 Å². The van der Waals surface area contributed by atoms with Crippen molar-refractivity contribution in [3.05, 3.63) is 60.2 Å². The monoisotopic (exact) mass is 405 g/mol. The molecule has 152 valence electrons. The third kappa shape index (κ3) is 5.09. The summed E-state index contributed by atoms with van der Waals surface area (Å²) in [5.41, 5.74) is -0.187. The van der Waals surface area contributed by atoms with E-state index in [0.29, 0.717) is 11.4 Å². The number of alkyl halides is 3. The van der Waals surface area contributed by atoms with E-state index in [1.165, 1.54) is 12.1 Å². The number of hydrogen-bond donors (Lipinski definition) is 2. The third-order valence-electron chi connectivity index (χ3n) is 4.03. The molecule has 0 saturated heterocycles. The van der Waals surface area contributed by atoms with Crippen LogP contribution in [0.15, 0.2) is 53.3 Å². The van der Waals surface area contributed by atoms with Crippen LogP contribution in [0.4, 0.5) is 23.7 Å². The fraction of sp³-hybridized carbons (Fsp3) is 0.263. The maximum absolute atomic E-state index is 12.8. The molecule has 0 aliphatic heterocycles. The van der Waals surface area contributed by atoms with Gasteiger partial charge in [-0.2, -0.15) is 18.2 Å². The molecule has 0 unspecified atom stereocenters. The SMILES string of the molecule is CC(C)[C@H](NC(=O)Nc1cccc(C(F)(F)F)c1)c1nc(-c2cccnc2)no1. The van der Waals surface area contributed by atoms with Gasteiger partial charge in [0.05, 0.1) is 5.56 Å². The Bertz CT molecular complexity index is 973. The van der Waals surface area contributed by atoms with Gasteiger partial charge in [0.1, 0.15) is 6.04 Å². The summed E-state index contributed by atoms with van der Waals surface area (Å²) in [7, 11) is 0. The predicted octanol–water partition coefficient (Wildman–Crippen LogP) is 4.67. The number of nitrogens with one attached hydrogen (secondary N) is 2. The van der Waals surface area contributed by atoms with E-state index in [1.54, 1.807) is 24.5 Å². The second-order valence-corrected chi connectivity index (χ2v) is 6.60. The average molecular weight is 405 g/mol. The van der Waals surface area contributed by atoms with Crippen molar-refractivity contribution in [1.82, 2.24) is 20.4 Å². The largest absolute Gasteiger partial charge is 0.416 e. The highest BCUT2D eigenvalue weighted by Crippen LogP contribution is 2.30. The van der Waals surface area contributed by atoms with Crippen molar-refractivity contribution in [2.45, 2.75) is 26.1 Å². The molecule has 0 aliphatic carbocycles. The van der Waals surface area contributed by atoms with Crippen LogP contribution in [0.25, 0.3) is 11.4 Å². The Balaban J connectivity index is 1.73. The van der Waals surface area contributed by atoms with Crippen molar-refractivity contribution in [2.75, 3.05) is 5.32 Å². The minimum Gasteiger partial charge on any atom is -0.337 e. The van der Waals surface area contributed by atoms with E-state index in [1.807, 2.05) is 13.8 Å². The molecule has 7 nitrogen and oxygen atoms in total. The van der Waals surface area contributed by atoms with E-state index in [9.17, 15) is 18.0 Å². The van der Waals surface area contributed by atoms with Gasteiger partial charge in [-0.05, 0) is 36.2 Å². The van der Waals surface area contributed by atoms with E-state index >= 15 is 0 Å².